The summed E-state index contributed by atoms with van der Waals surface area (Å²) in [7, 11) is 1.88. The molecule has 0 fully saturated rings. The second kappa shape index (κ2) is 6.25. The Labute approximate surface area is 104 Å². The van der Waals surface area contributed by atoms with Gasteiger partial charge in [-0.1, -0.05) is 6.92 Å². The van der Waals surface area contributed by atoms with Gasteiger partial charge in [0.25, 0.3) is 5.69 Å². The largest absolute Gasteiger partial charge is 0.379 e. The minimum Gasteiger partial charge on any atom is -0.379 e. The van der Waals surface area contributed by atoms with E-state index in [1.807, 2.05) is 18.9 Å². The van der Waals surface area contributed by atoms with Gasteiger partial charge < -0.3 is 10.2 Å². The molecule has 0 heterocycles. The highest BCUT2D eigenvalue weighted by molar-refractivity contribution is 5.51. The first-order chi connectivity index (χ1) is 8.45. The average molecular weight is 259 g/mol. The van der Waals surface area contributed by atoms with Crippen molar-refractivity contribution in [3.05, 3.63) is 33.9 Å². The third-order valence-electron chi connectivity index (χ3n) is 2.57. The van der Waals surface area contributed by atoms with Crippen LogP contribution >= 0.6 is 0 Å². The lowest BCUT2D eigenvalue weighted by molar-refractivity contribution is -0.385. The van der Waals surface area contributed by atoms with Crippen molar-refractivity contribution in [2.24, 2.45) is 0 Å². The fourth-order valence-electron chi connectivity index (χ4n) is 1.36. The van der Waals surface area contributed by atoms with Crippen LogP contribution in [-0.2, 0) is 0 Å². The monoisotopic (exact) mass is 259 g/mol. The summed E-state index contributed by atoms with van der Waals surface area (Å²) < 4.78 is 26.9. The van der Waals surface area contributed by atoms with Crippen LogP contribution in [0.25, 0.3) is 0 Å². The van der Waals surface area contributed by atoms with E-state index in [2.05, 4.69) is 5.32 Å². The summed E-state index contributed by atoms with van der Waals surface area (Å²) >= 11 is 0. The standard InChI is InChI=1S/C11H15F2N3O2/c1-3-15(2)5-4-14-11-9(12)6-8(16(17)18)7-10(11)13/h6-7,14H,3-5H2,1-2H3. The number of hydrogen-bond donors (Lipinski definition) is 1. The molecule has 0 unspecified atom stereocenters. The highest BCUT2D eigenvalue weighted by atomic mass is 19.1. The summed E-state index contributed by atoms with van der Waals surface area (Å²) in [5.74, 6) is -1.92. The van der Waals surface area contributed by atoms with Gasteiger partial charge in [0.2, 0.25) is 0 Å². The molecule has 1 rings (SSSR count). The Morgan fingerprint density at radius 2 is 1.94 bits per heavy atom. The number of nitro groups is 1. The second-order valence-corrected chi connectivity index (χ2v) is 3.86. The van der Waals surface area contributed by atoms with E-state index in [0.29, 0.717) is 25.2 Å². The topological polar surface area (TPSA) is 58.4 Å². The Hall–Kier alpha value is -1.76. The molecule has 7 heteroatoms. The molecule has 1 aromatic carbocycles. The minimum absolute atomic E-state index is 0.329. The number of anilines is 1. The Bertz CT molecular complexity index is 417. The molecule has 5 nitrogen and oxygen atoms in total. The fraction of sp³-hybridized carbons (Fsp3) is 0.455. The lowest BCUT2D eigenvalue weighted by atomic mass is 10.2. The van der Waals surface area contributed by atoms with E-state index in [0.717, 1.165) is 6.54 Å². The van der Waals surface area contributed by atoms with E-state index in [-0.39, 0.29) is 5.69 Å². The molecule has 0 aromatic heterocycles. The molecule has 1 aromatic rings. The molecule has 0 aliphatic rings. The van der Waals surface area contributed by atoms with Gasteiger partial charge in [-0.25, -0.2) is 8.78 Å². The van der Waals surface area contributed by atoms with Crippen LogP contribution in [0.3, 0.4) is 0 Å². The molecular weight excluding hydrogens is 244 g/mol. The predicted octanol–water partition coefficient (Wildman–Crippen LogP) is 2.24. The SMILES string of the molecule is CCN(C)CCNc1c(F)cc([N+](=O)[O-])cc1F. The molecule has 0 saturated carbocycles. The zero-order valence-corrected chi connectivity index (χ0v) is 10.2. The van der Waals surface area contributed by atoms with Crippen LogP contribution in [0.2, 0.25) is 0 Å². The van der Waals surface area contributed by atoms with Gasteiger partial charge in [0.1, 0.15) is 5.69 Å². The zero-order chi connectivity index (χ0) is 13.7. The molecule has 0 atom stereocenters. The maximum absolute atomic E-state index is 13.5. The van der Waals surface area contributed by atoms with E-state index < -0.39 is 22.2 Å². The van der Waals surface area contributed by atoms with Gasteiger partial charge in [0, 0.05) is 13.1 Å². The van der Waals surface area contributed by atoms with Crippen molar-refractivity contribution in [2.45, 2.75) is 6.92 Å². The van der Waals surface area contributed by atoms with Crippen molar-refractivity contribution in [2.75, 3.05) is 32.0 Å². The van der Waals surface area contributed by atoms with Crippen molar-refractivity contribution in [3.8, 4) is 0 Å². The first-order valence-corrected chi connectivity index (χ1v) is 5.51. The molecular formula is C11H15F2N3O2. The van der Waals surface area contributed by atoms with Gasteiger partial charge in [0.15, 0.2) is 11.6 Å². The van der Waals surface area contributed by atoms with Crippen LogP contribution in [0.5, 0.6) is 0 Å². The van der Waals surface area contributed by atoms with Gasteiger partial charge >= 0.3 is 0 Å². The number of halogens is 2. The quantitative estimate of drug-likeness (QED) is 0.628. The number of likely N-dealkylation sites (N-methyl/N-ethyl adjacent to an activating group) is 1. The molecule has 1 N–H and O–H groups in total. The first kappa shape index (κ1) is 14.3. The van der Waals surface area contributed by atoms with Crippen LogP contribution < -0.4 is 5.32 Å². The Morgan fingerprint density at radius 3 is 2.39 bits per heavy atom. The molecule has 0 aliphatic carbocycles. The molecule has 100 valence electrons. The van der Waals surface area contributed by atoms with Crippen LogP contribution in [0.4, 0.5) is 20.2 Å². The van der Waals surface area contributed by atoms with E-state index >= 15 is 0 Å². The van der Waals surface area contributed by atoms with E-state index in [1.54, 1.807) is 0 Å². The van der Waals surface area contributed by atoms with Gasteiger partial charge in [0.05, 0.1) is 17.1 Å². The number of non-ortho nitro benzene ring substituents is 1. The van der Waals surface area contributed by atoms with E-state index in [9.17, 15) is 18.9 Å². The van der Waals surface area contributed by atoms with Crippen LogP contribution in [0.15, 0.2) is 12.1 Å². The number of nitrogens with zero attached hydrogens (tertiary/aromatic N) is 2. The Morgan fingerprint density at radius 1 is 1.39 bits per heavy atom. The number of hydrogen-bond acceptors (Lipinski definition) is 4. The normalized spacial score (nSPS) is 10.7. The third kappa shape index (κ3) is 3.63. The maximum atomic E-state index is 13.5. The van der Waals surface area contributed by atoms with Gasteiger partial charge in [-0.3, -0.25) is 10.1 Å². The van der Waals surface area contributed by atoms with Crippen molar-refractivity contribution in [1.82, 2.24) is 4.90 Å². The zero-order valence-electron chi connectivity index (χ0n) is 10.2. The number of rotatable bonds is 6. The summed E-state index contributed by atoms with van der Waals surface area (Å²) in [6.07, 6.45) is 0. The summed E-state index contributed by atoms with van der Waals surface area (Å²) in [6, 6.07) is 1.41. The summed E-state index contributed by atoms with van der Waals surface area (Å²) in [6.45, 7) is 3.77. The third-order valence-corrected chi connectivity index (χ3v) is 2.57. The van der Waals surface area contributed by atoms with Crippen LogP contribution in [-0.4, -0.2) is 36.5 Å². The van der Waals surface area contributed by atoms with Crippen molar-refractivity contribution in [1.29, 1.82) is 0 Å². The van der Waals surface area contributed by atoms with Gasteiger partial charge in [-0.15, -0.1) is 0 Å². The first-order valence-electron chi connectivity index (χ1n) is 5.51. The summed E-state index contributed by atoms with van der Waals surface area (Å²) in [5, 5.41) is 13.0. The van der Waals surface area contributed by atoms with E-state index in [4.69, 9.17) is 0 Å². The molecule has 0 bridgehead atoms. The molecule has 0 amide bonds. The van der Waals surface area contributed by atoms with Crippen molar-refractivity contribution < 1.29 is 13.7 Å². The van der Waals surface area contributed by atoms with E-state index in [1.165, 1.54) is 0 Å². The number of nitrogens with one attached hydrogen (secondary N) is 1. The summed E-state index contributed by atoms with van der Waals surface area (Å²) in [4.78, 5) is 11.5. The average Bonchev–Trinajstić information content (AvgIpc) is 2.31. The molecule has 0 radical (unpaired) electrons. The number of nitro benzene ring substituents is 1. The maximum Gasteiger partial charge on any atom is 0.275 e. The van der Waals surface area contributed by atoms with Crippen LogP contribution in [0.1, 0.15) is 6.92 Å². The molecule has 18 heavy (non-hydrogen) atoms. The van der Waals surface area contributed by atoms with Crippen LogP contribution in [0, 0.1) is 21.7 Å². The predicted molar refractivity (Wildman–Crippen MR) is 64.7 cm³/mol. The Balaban J connectivity index is 2.75. The Kier molecular flexibility index (Phi) is 4.96. The number of benzene rings is 1. The fourth-order valence-corrected chi connectivity index (χ4v) is 1.36. The second-order valence-electron chi connectivity index (χ2n) is 3.86. The molecule has 0 aliphatic heterocycles. The lowest BCUT2D eigenvalue weighted by Crippen LogP contribution is -2.25. The smallest absolute Gasteiger partial charge is 0.275 e. The van der Waals surface area contributed by atoms with Gasteiger partial charge in [-0.05, 0) is 13.6 Å². The highest BCUT2D eigenvalue weighted by Crippen LogP contribution is 2.24. The molecule has 0 saturated heterocycles. The summed E-state index contributed by atoms with van der Waals surface area (Å²) in [5.41, 5.74) is -0.925. The van der Waals surface area contributed by atoms with Crippen molar-refractivity contribution in [3.63, 3.8) is 0 Å². The molecule has 0 spiro atoms. The van der Waals surface area contributed by atoms with Crippen molar-refractivity contribution >= 4 is 11.4 Å². The lowest BCUT2D eigenvalue weighted by Gasteiger charge is -2.15. The van der Waals surface area contributed by atoms with Gasteiger partial charge in [-0.2, -0.15) is 0 Å². The highest BCUT2D eigenvalue weighted by Gasteiger charge is 2.16. The minimum atomic E-state index is -0.958.